The summed E-state index contributed by atoms with van der Waals surface area (Å²) in [6, 6.07) is 6.03. The predicted molar refractivity (Wildman–Crippen MR) is 117 cm³/mol. The highest BCUT2D eigenvalue weighted by molar-refractivity contribution is 5.70. The average Bonchev–Trinajstić information content (AvgIpc) is 3.46. The fraction of sp³-hybridized carbons (Fsp3) is 0.455. The molecule has 30 heavy (non-hydrogen) atoms. The van der Waals surface area contributed by atoms with Gasteiger partial charge < -0.3 is 9.80 Å². The van der Waals surface area contributed by atoms with Gasteiger partial charge in [0.1, 0.15) is 0 Å². The van der Waals surface area contributed by atoms with Crippen molar-refractivity contribution in [2.24, 2.45) is 0 Å². The van der Waals surface area contributed by atoms with E-state index in [-0.39, 0.29) is 5.56 Å². The summed E-state index contributed by atoms with van der Waals surface area (Å²) in [4.78, 5) is 31.2. The first kappa shape index (κ1) is 18.8. The second-order valence-corrected chi connectivity index (χ2v) is 8.17. The van der Waals surface area contributed by atoms with Crippen LogP contribution >= 0.6 is 0 Å². The Morgan fingerprint density at radius 1 is 1.10 bits per heavy atom. The number of nitrogens with zero attached hydrogens (tertiary/aromatic N) is 7. The molecule has 1 unspecified atom stereocenters. The van der Waals surface area contributed by atoms with E-state index in [1.54, 1.807) is 29.2 Å². The Labute approximate surface area is 175 Å². The second-order valence-electron chi connectivity index (χ2n) is 8.17. The van der Waals surface area contributed by atoms with Crippen LogP contribution in [0.15, 0.2) is 47.8 Å². The maximum Gasteiger partial charge on any atom is 0.257 e. The number of hydrogen-bond acceptors (Lipinski definition) is 6. The van der Waals surface area contributed by atoms with Gasteiger partial charge in [-0.3, -0.25) is 13.9 Å². The highest BCUT2D eigenvalue weighted by Crippen LogP contribution is 2.39. The van der Waals surface area contributed by atoms with Crippen LogP contribution in [0.4, 0.5) is 11.5 Å². The van der Waals surface area contributed by atoms with E-state index in [2.05, 4.69) is 33.7 Å². The van der Waals surface area contributed by atoms with Crippen LogP contribution in [0.3, 0.4) is 0 Å². The van der Waals surface area contributed by atoms with Crippen molar-refractivity contribution >= 4 is 11.5 Å². The first-order valence-corrected chi connectivity index (χ1v) is 10.8. The molecule has 0 N–H and O–H groups in total. The number of likely N-dealkylation sites (N-methyl/N-ethyl adjacent to an activating group) is 1. The van der Waals surface area contributed by atoms with Gasteiger partial charge in [0.25, 0.3) is 5.56 Å². The van der Waals surface area contributed by atoms with Crippen molar-refractivity contribution in [3.63, 3.8) is 0 Å². The first-order valence-electron chi connectivity index (χ1n) is 10.8. The molecule has 1 atom stereocenters. The maximum absolute atomic E-state index is 12.3. The van der Waals surface area contributed by atoms with Gasteiger partial charge in [-0.1, -0.05) is 25.8 Å². The Morgan fingerprint density at radius 3 is 2.70 bits per heavy atom. The fourth-order valence-corrected chi connectivity index (χ4v) is 4.81. The lowest BCUT2D eigenvalue weighted by molar-refractivity contribution is 0.475. The summed E-state index contributed by atoms with van der Waals surface area (Å²) < 4.78 is 3.29. The van der Waals surface area contributed by atoms with Gasteiger partial charge >= 0.3 is 0 Å². The van der Waals surface area contributed by atoms with Crippen LogP contribution in [0.5, 0.6) is 0 Å². The van der Waals surface area contributed by atoms with Crippen LogP contribution in [0, 0.1) is 0 Å². The Kier molecular flexibility index (Phi) is 4.77. The highest BCUT2D eigenvalue weighted by Gasteiger charge is 2.36. The smallest absolute Gasteiger partial charge is 0.257 e. The summed E-state index contributed by atoms with van der Waals surface area (Å²) in [6.07, 6.45) is 13.2. The minimum Gasteiger partial charge on any atom is -0.368 e. The lowest BCUT2D eigenvalue weighted by atomic mass is 10.0. The third-order valence-corrected chi connectivity index (χ3v) is 6.34. The van der Waals surface area contributed by atoms with Gasteiger partial charge in [-0.05, 0) is 25.3 Å². The number of hydrogen-bond donors (Lipinski definition) is 0. The van der Waals surface area contributed by atoms with Gasteiger partial charge in [0.2, 0.25) is 11.9 Å². The zero-order valence-corrected chi connectivity index (χ0v) is 17.5. The van der Waals surface area contributed by atoms with E-state index in [0.717, 1.165) is 24.5 Å². The normalized spacial score (nSPS) is 19.3. The largest absolute Gasteiger partial charge is 0.368 e. The molecule has 1 aliphatic heterocycles. The molecule has 156 valence electrons. The quantitative estimate of drug-likeness (QED) is 0.665. The molecule has 0 spiro atoms. The lowest BCUT2D eigenvalue weighted by Crippen LogP contribution is -2.52. The molecule has 0 aromatic carbocycles. The molecule has 1 saturated carbocycles. The molecule has 8 nitrogen and oxygen atoms in total. The molecule has 3 aromatic heterocycles. The van der Waals surface area contributed by atoms with Crippen molar-refractivity contribution in [2.45, 2.75) is 51.1 Å². The van der Waals surface area contributed by atoms with Gasteiger partial charge in [0.05, 0.1) is 11.9 Å². The van der Waals surface area contributed by atoms with Gasteiger partial charge in [-0.25, -0.2) is 9.97 Å². The molecule has 5 rings (SSSR count). The van der Waals surface area contributed by atoms with Crippen LogP contribution < -0.4 is 15.4 Å². The number of aromatic nitrogens is 5. The zero-order valence-electron chi connectivity index (χ0n) is 17.5. The van der Waals surface area contributed by atoms with Crippen molar-refractivity contribution in [2.75, 3.05) is 23.4 Å². The van der Waals surface area contributed by atoms with Crippen molar-refractivity contribution in [3.05, 3.63) is 53.3 Å². The minimum atomic E-state index is -0.138. The summed E-state index contributed by atoms with van der Waals surface area (Å²) in [5.41, 5.74) is 0.926. The fourth-order valence-electron chi connectivity index (χ4n) is 4.81. The Morgan fingerprint density at radius 2 is 1.93 bits per heavy atom. The van der Waals surface area contributed by atoms with E-state index < -0.39 is 0 Å². The molecule has 4 heterocycles. The number of fused-ring (bicyclic) bond motifs is 1. The maximum atomic E-state index is 12.3. The Bertz CT molecular complexity index is 1100. The van der Waals surface area contributed by atoms with Crippen molar-refractivity contribution in [1.29, 1.82) is 0 Å². The molecule has 1 aliphatic carbocycles. The summed E-state index contributed by atoms with van der Waals surface area (Å²) in [7, 11) is 2.11. The van der Waals surface area contributed by atoms with Gasteiger partial charge in [0.15, 0.2) is 5.82 Å². The van der Waals surface area contributed by atoms with E-state index in [1.807, 2.05) is 12.3 Å². The molecule has 0 radical (unpaired) electrons. The molecule has 3 aromatic rings. The van der Waals surface area contributed by atoms with E-state index in [9.17, 15) is 4.79 Å². The monoisotopic (exact) mass is 405 g/mol. The zero-order chi connectivity index (χ0) is 20.7. The van der Waals surface area contributed by atoms with E-state index in [0.29, 0.717) is 24.0 Å². The summed E-state index contributed by atoms with van der Waals surface area (Å²) in [5, 5.41) is 0. The molecular weight excluding hydrogens is 378 g/mol. The van der Waals surface area contributed by atoms with Crippen LogP contribution in [0.2, 0.25) is 0 Å². The molecule has 1 fully saturated rings. The highest BCUT2D eigenvalue weighted by atomic mass is 16.1. The summed E-state index contributed by atoms with van der Waals surface area (Å²) >= 11 is 0. The SMILES string of the molecule is CCC1CN(C)c2cnc(-n3ccnc3-n3ccccc3=O)nc2N1C1CCCC1. The van der Waals surface area contributed by atoms with E-state index >= 15 is 0 Å². The predicted octanol–water partition coefficient (Wildman–Crippen LogP) is 2.79. The Balaban J connectivity index is 1.62. The number of imidazole rings is 1. The van der Waals surface area contributed by atoms with Crippen LogP contribution in [-0.4, -0.2) is 49.8 Å². The van der Waals surface area contributed by atoms with Gasteiger partial charge in [-0.15, -0.1) is 0 Å². The number of rotatable bonds is 4. The van der Waals surface area contributed by atoms with Gasteiger partial charge in [0, 0.05) is 50.3 Å². The van der Waals surface area contributed by atoms with Crippen molar-refractivity contribution < 1.29 is 0 Å². The topological polar surface area (TPSA) is 72.1 Å². The molecule has 0 saturated heterocycles. The summed E-state index contributed by atoms with van der Waals surface area (Å²) in [5.74, 6) is 2.02. The molecule has 0 amide bonds. The van der Waals surface area contributed by atoms with Crippen LogP contribution in [0.1, 0.15) is 39.0 Å². The standard InChI is InChI=1S/C22H27N7O/c1-3-16-15-26(2)18-14-24-21(25-20(18)29(16)17-8-4-5-9-17)28-13-11-23-22(28)27-12-7-6-10-19(27)30/h6-7,10-14,16-17H,3-5,8-9,15H2,1-2H3. The number of anilines is 2. The van der Waals surface area contributed by atoms with Crippen molar-refractivity contribution in [1.82, 2.24) is 24.1 Å². The Hall–Kier alpha value is -3.16. The second kappa shape index (κ2) is 7.59. The summed E-state index contributed by atoms with van der Waals surface area (Å²) in [6.45, 7) is 3.24. The third-order valence-electron chi connectivity index (χ3n) is 6.34. The molecule has 8 heteroatoms. The van der Waals surface area contributed by atoms with E-state index in [4.69, 9.17) is 4.98 Å². The van der Waals surface area contributed by atoms with Crippen molar-refractivity contribution in [3.8, 4) is 11.9 Å². The number of pyridine rings is 1. The van der Waals surface area contributed by atoms with Gasteiger partial charge in [-0.2, -0.15) is 4.98 Å². The van der Waals surface area contributed by atoms with E-state index in [1.165, 1.54) is 36.3 Å². The average molecular weight is 406 g/mol. The minimum absolute atomic E-state index is 0.138. The lowest BCUT2D eigenvalue weighted by Gasteiger charge is -2.45. The molecule has 0 bridgehead atoms. The molecule has 2 aliphatic rings. The van der Waals surface area contributed by atoms with Crippen LogP contribution in [0.25, 0.3) is 11.9 Å². The first-order chi connectivity index (χ1) is 14.7. The third kappa shape index (κ3) is 3.07. The molecular formula is C22H27N7O. The van der Waals surface area contributed by atoms with Crippen LogP contribution in [-0.2, 0) is 0 Å².